The fourth-order valence-electron chi connectivity index (χ4n) is 3.42. The van der Waals surface area contributed by atoms with Gasteiger partial charge < -0.3 is 5.32 Å². The monoisotopic (exact) mass is 193 g/mol. The molecule has 0 aromatic carbocycles. The van der Waals surface area contributed by atoms with Gasteiger partial charge in [-0.2, -0.15) is 0 Å². The lowest BCUT2D eigenvalue weighted by Gasteiger charge is -2.27. The second-order valence-electron chi connectivity index (χ2n) is 6.14. The molecule has 0 saturated heterocycles. The van der Waals surface area contributed by atoms with Crippen molar-refractivity contribution in [1.29, 1.82) is 0 Å². The summed E-state index contributed by atoms with van der Waals surface area (Å²) in [5.74, 6) is 2.04. The third-order valence-electron chi connectivity index (χ3n) is 4.84. The van der Waals surface area contributed by atoms with Crippen molar-refractivity contribution in [2.45, 2.75) is 57.9 Å². The van der Waals surface area contributed by atoms with Crippen LogP contribution in [0.25, 0.3) is 0 Å². The Morgan fingerprint density at radius 1 is 1.29 bits per heavy atom. The fourth-order valence-corrected chi connectivity index (χ4v) is 3.42. The highest BCUT2D eigenvalue weighted by atomic mass is 14.9. The van der Waals surface area contributed by atoms with Gasteiger partial charge in [-0.1, -0.05) is 19.8 Å². The Hall–Kier alpha value is -0.0400. The maximum Gasteiger partial charge on any atom is 0.00697 e. The third-order valence-corrected chi connectivity index (χ3v) is 4.84. The van der Waals surface area contributed by atoms with Crippen LogP contribution in [0, 0.1) is 17.3 Å². The largest absolute Gasteiger partial charge is 0.314 e. The van der Waals surface area contributed by atoms with Crippen LogP contribution in [0.3, 0.4) is 0 Å². The van der Waals surface area contributed by atoms with Crippen molar-refractivity contribution in [3.8, 4) is 0 Å². The van der Waals surface area contributed by atoms with E-state index in [1.165, 1.54) is 32.2 Å². The zero-order valence-corrected chi connectivity index (χ0v) is 9.39. The number of hydrogen-bond acceptors (Lipinski definition) is 1. The van der Waals surface area contributed by atoms with Crippen molar-refractivity contribution in [1.82, 2.24) is 5.32 Å². The molecular weight excluding hydrogens is 170 g/mol. The van der Waals surface area contributed by atoms with Gasteiger partial charge in [0, 0.05) is 6.04 Å². The van der Waals surface area contributed by atoms with Crippen molar-refractivity contribution in [2.24, 2.45) is 17.3 Å². The third kappa shape index (κ3) is 1.71. The molecule has 0 aliphatic heterocycles. The van der Waals surface area contributed by atoms with Gasteiger partial charge in [-0.3, -0.25) is 0 Å². The molecule has 1 heteroatoms. The van der Waals surface area contributed by atoms with Crippen LogP contribution < -0.4 is 5.32 Å². The van der Waals surface area contributed by atoms with Crippen LogP contribution in [0.15, 0.2) is 0 Å². The molecule has 3 atom stereocenters. The Bertz CT molecular complexity index is 219. The van der Waals surface area contributed by atoms with Crippen molar-refractivity contribution in [2.75, 3.05) is 6.54 Å². The van der Waals surface area contributed by atoms with Gasteiger partial charge in [0.2, 0.25) is 0 Å². The van der Waals surface area contributed by atoms with Gasteiger partial charge in [-0.25, -0.2) is 0 Å². The standard InChI is InChI=1S/C13H23N/c1-10-3-2-4-12(7-10)14-9-11-8-13(11)5-6-13/h10-12,14H,2-9H2,1H3. The predicted octanol–water partition coefficient (Wildman–Crippen LogP) is 2.95. The lowest BCUT2D eigenvalue weighted by atomic mass is 9.87. The molecule has 0 amide bonds. The maximum absolute atomic E-state index is 3.81. The quantitative estimate of drug-likeness (QED) is 0.726. The fraction of sp³-hybridized carbons (Fsp3) is 1.00. The summed E-state index contributed by atoms with van der Waals surface area (Å²) >= 11 is 0. The van der Waals surface area contributed by atoms with E-state index in [4.69, 9.17) is 0 Å². The molecule has 3 fully saturated rings. The molecular formula is C13H23N. The Morgan fingerprint density at radius 3 is 2.79 bits per heavy atom. The van der Waals surface area contributed by atoms with Gasteiger partial charge >= 0.3 is 0 Å². The van der Waals surface area contributed by atoms with E-state index in [2.05, 4.69) is 12.2 Å². The van der Waals surface area contributed by atoms with Crippen LogP contribution in [0.5, 0.6) is 0 Å². The second-order valence-corrected chi connectivity index (χ2v) is 6.14. The number of rotatable bonds is 3. The maximum atomic E-state index is 3.81. The number of hydrogen-bond donors (Lipinski definition) is 1. The molecule has 0 bridgehead atoms. The summed E-state index contributed by atoms with van der Waals surface area (Å²) in [4.78, 5) is 0. The highest BCUT2D eigenvalue weighted by Crippen LogP contribution is 2.70. The van der Waals surface area contributed by atoms with Crippen LogP contribution in [0.2, 0.25) is 0 Å². The van der Waals surface area contributed by atoms with Crippen molar-refractivity contribution >= 4 is 0 Å². The molecule has 14 heavy (non-hydrogen) atoms. The molecule has 3 unspecified atom stereocenters. The molecule has 1 nitrogen and oxygen atoms in total. The summed E-state index contributed by atoms with van der Waals surface area (Å²) in [5, 5.41) is 3.81. The summed E-state index contributed by atoms with van der Waals surface area (Å²) < 4.78 is 0. The average molecular weight is 193 g/mol. The van der Waals surface area contributed by atoms with Crippen LogP contribution in [-0.4, -0.2) is 12.6 Å². The first-order valence-electron chi connectivity index (χ1n) is 6.52. The van der Waals surface area contributed by atoms with Gasteiger partial charge in [0.1, 0.15) is 0 Å². The summed E-state index contributed by atoms with van der Waals surface area (Å²) in [5.41, 5.74) is 0.896. The van der Waals surface area contributed by atoms with E-state index in [9.17, 15) is 0 Å². The van der Waals surface area contributed by atoms with E-state index in [1.54, 1.807) is 19.3 Å². The average Bonchev–Trinajstić information content (AvgIpc) is 3.06. The SMILES string of the molecule is CC1CCCC(NCC2CC23CC3)C1. The van der Waals surface area contributed by atoms with Crippen molar-refractivity contribution in [3.63, 3.8) is 0 Å². The minimum absolute atomic E-state index is 0.857. The zero-order chi connectivity index (χ0) is 9.60. The van der Waals surface area contributed by atoms with Gasteiger partial charge in [0.15, 0.2) is 0 Å². The molecule has 3 aliphatic carbocycles. The van der Waals surface area contributed by atoms with E-state index < -0.39 is 0 Å². The summed E-state index contributed by atoms with van der Waals surface area (Å²) in [6.07, 6.45) is 10.4. The van der Waals surface area contributed by atoms with Crippen LogP contribution >= 0.6 is 0 Å². The van der Waals surface area contributed by atoms with Gasteiger partial charge in [-0.05, 0) is 55.9 Å². The van der Waals surface area contributed by atoms with E-state index in [0.29, 0.717) is 0 Å². The molecule has 0 aromatic heterocycles. The molecule has 3 rings (SSSR count). The van der Waals surface area contributed by atoms with Crippen LogP contribution in [0.4, 0.5) is 0 Å². The van der Waals surface area contributed by atoms with Gasteiger partial charge in [0.25, 0.3) is 0 Å². The van der Waals surface area contributed by atoms with E-state index >= 15 is 0 Å². The zero-order valence-electron chi connectivity index (χ0n) is 9.39. The molecule has 1 N–H and O–H groups in total. The highest BCUT2D eigenvalue weighted by molar-refractivity contribution is 5.12. The van der Waals surface area contributed by atoms with Crippen molar-refractivity contribution < 1.29 is 0 Å². The van der Waals surface area contributed by atoms with Crippen LogP contribution in [0.1, 0.15) is 51.9 Å². The van der Waals surface area contributed by atoms with Gasteiger partial charge in [0.05, 0.1) is 0 Å². The molecule has 3 saturated carbocycles. The molecule has 3 aliphatic rings. The molecule has 0 aromatic rings. The lowest BCUT2D eigenvalue weighted by Crippen LogP contribution is -2.35. The molecule has 0 heterocycles. The minimum atomic E-state index is 0.857. The summed E-state index contributed by atoms with van der Waals surface area (Å²) in [6, 6.07) is 0.857. The summed E-state index contributed by atoms with van der Waals surface area (Å²) in [7, 11) is 0. The highest BCUT2D eigenvalue weighted by Gasteiger charge is 2.61. The molecule has 80 valence electrons. The van der Waals surface area contributed by atoms with E-state index in [1.807, 2.05) is 0 Å². The normalized spacial score (nSPS) is 43.9. The predicted molar refractivity (Wildman–Crippen MR) is 59.2 cm³/mol. The first-order chi connectivity index (χ1) is 6.78. The molecule has 0 radical (unpaired) electrons. The lowest BCUT2D eigenvalue weighted by molar-refractivity contribution is 0.298. The summed E-state index contributed by atoms with van der Waals surface area (Å²) in [6.45, 7) is 3.74. The van der Waals surface area contributed by atoms with Gasteiger partial charge in [-0.15, -0.1) is 0 Å². The van der Waals surface area contributed by atoms with E-state index in [0.717, 1.165) is 23.3 Å². The second kappa shape index (κ2) is 3.23. The van der Waals surface area contributed by atoms with Crippen molar-refractivity contribution in [3.05, 3.63) is 0 Å². The Labute approximate surface area is 87.7 Å². The Balaban J connectivity index is 1.39. The molecule has 1 spiro atoms. The smallest absolute Gasteiger partial charge is 0.00697 e. The topological polar surface area (TPSA) is 12.0 Å². The Kier molecular flexibility index (Phi) is 2.12. The van der Waals surface area contributed by atoms with E-state index in [-0.39, 0.29) is 0 Å². The van der Waals surface area contributed by atoms with Crippen LogP contribution in [-0.2, 0) is 0 Å². The minimum Gasteiger partial charge on any atom is -0.314 e. The first kappa shape index (κ1) is 9.21. The number of nitrogens with one attached hydrogen (secondary N) is 1. The Morgan fingerprint density at radius 2 is 2.14 bits per heavy atom. The first-order valence-corrected chi connectivity index (χ1v) is 6.52.